The van der Waals surface area contributed by atoms with Crippen molar-refractivity contribution in [3.63, 3.8) is 0 Å². The van der Waals surface area contributed by atoms with E-state index >= 15 is 0 Å². The Morgan fingerprint density at radius 1 is 0.450 bits per heavy atom. The number of fused-ring (bicyclic) bond motifs is 1. The van der Waals surface area contributed by atoms with Crippen molar-refractivity contribution in [1.29, 1.82) is 0 Å². The van der Waals surface area contributed by atoms with Crippen molar-refractivity contribution in [2.75, 3.05) is 0 Å². The average Bonchev–Trinajstić information content (AvgIpc) is 3.68. The molecule has 0 aliphatic rings. The van der Waals surface area contributed by atoms with Crippen LogP contribution in [-0.2, 0) is 21.7 Å². The molecule has 0 saturated carbocycles. The lowest BCUT2D eigenvalue weighted by molar-refractivity contribution is 0.444. The molecular weight excluding hydrogens is 733 g/mol. The topological polar surface area (TPSA) is 59.2 Å². The molecule has 0 bridgehead atoms. The second-order valence-corrected chi connectivity index (χ2v) is 19.4. The predicted octanol–water partition coefficient (Wildman–Crippen LogP) is 14.8. The molecule has 0 amide bonds. The van der Waals surface area contributed by atoms with E-state index in [-0.39, 0.29) is 27.4 Å². The molecule has 0 spiro atoms. The van der Waals surface area contributed by atoms with E-state index in [1.54, 1.807) is 0 Å². The van der Waals surface area contributed by atoms with Crippen LogP contribution in [0.4, 0.5) is 0 Å². The molecule has 302 valence electrons. The third-order valence-corrected chi connectivity index (χ3v) is 12.4. The van der Waals surface area contributed by atoms with Crippen LogP contribution >= 0.6 is 0 Å². The maximum Gasteiger partial charge on any atom is 0.231 e. The van der Waals surface area contributed by atoms with Gasteiger partial charge in [-0.05, 0) is 91.7 Å². The molecule has 2 aromatic heterocycles. The third kappa shape index (κ3) is 7.68. The number of phenolic OH excluding ortho intramolecular Hbond substituents is 1. The number of nitrogens with zero attached hydrogens (tertiary/aromatic N) is 2. The first kappa shape index (κ1) is 40.5. The molecule has 0 radical (unpaired) electrons. The number of hydrogen-bond donors (Lipinski definition) is 1. The van der Waals surface area contributed by atoms with Gasteiger partial charge in [0.15, 0.2) is 5.58 Å². The molecular formula is C56H56N2O2. The Labute approximate surface area is 356 Å². The SMILES string of the molecule is CC(C)(C)c1cc(-c2cc(-c3ccc(C(C)(C)c4ccccc4)cc3)ccn2)cc(-c2cccc3oc(-c4cc(C(C)(C)c5ccccc5)cc(C(C)(C)C)c4O)nc23)c1. The van der Waals surface area contributed by atoms with Crippen LogP contribution in [0.5, 0.6) is 5.75 Å². The van der Waals surface area contributed by atoms with Crippen molar-refractivity contribution >= 4 is 11.1 Å². The van der Waals surface area contributed by atoms with Crippen molar-refractivity contribution in [3.8, 4) is 50.7 Å². The van der Waals surface area contributed by atoms with E-state index in [0.29, 0.717) is 17.0 Å². The molecule has 0 fully saturated rings. The quantitative estimate of drug-likeness (QED) is 0.167. The number of hydrogen-bond acceptors (Lipinski definition) is 4. The number of rotatable bonds is 8. The Hall–Kier alpha value is -6.26. The summed E-state index contributed by atoms with van der Waals surface area (Å²) in [6.07, 6.45) is 1.91. The van der Waals surface area contributed by atoms with Gasteiger partial charge < -0.3 is 9.52 Å². The first-order chi connectivity index (χ1) is 28.4. The lowest BCUT2D eigenvalue weighted by Crippen LogP contribution is -2.21. The Morgan fingerprint density at radius 3 is 1.67 bits per heavy atom. The van der Waals surface area contributed by atoms with E-state index in [1.807, 2.05) is 24.4 Å². The number of aromatic nitrogens is 2. The van der Waals surface area contributed by atoms with Crippen molar-refractivity contribution in [1.82, 2.24) is 9.97 Å². The molecule has 4 nitrogen and oxygen atoms in total. The Balaban J connectivity index is 1.21. The highest BCUT2D eigenvalue weighted by molar-refractivity contribution is 5.93. The number of benzene rings is 6. The summed E-state index contributed by atoms with van der Waals surface area (Å²) in [7, 11) is 0. The predicted molar refractivity (Wildman–Crippen MR) is 250 cm³/mol. The van der Waals surface area contributed by atoms with Gasteiger partial charge in [0.05, 0.1) is 11.3 Å². The van der Waals surface area contributed by atoms with Gasteiger partial charge in [-0.3, -0.25) is 4.98 Å². The van der Waals surface area contributed by atoms with Gasteiger partial charge in [0.1, 0.15) is 11.3 Å². The van der Waals surface area contributed by atoms with E-state index in [2.05, 4.69) is 197 Å². The van der Waals surface area contributed by atoms with Gasteiger partial charge in [-0.25, -0.2) is 4.98 Å². The minimum Gasteiger partial charge on any atom is -0.507 e. The number of para-hydroxylation sites is 1. The highest BCUT2D eigenvalue weighted by Crippen LogP contribution is 2.45. The van der Waals surface area contributed by atoms with Crippen LogP contribution < -0.4 is 0 Å². The molecule has 0 unspecified atom stereocenters. The summed E-state index contributed by atoms with van der Waals surface area (Å²) in [5.74, 6) is 0.589. The van der Waals surface area contributed by atoms with Crippen LogP contribution in [0.25, 0.3) is 56.1 Å². The Morgan fingerprint density at radius 2 is 1.05 bits per heavy atom. The standard InChI is InChI=1S/C56H56N2O2/c1-53(2,3)43-31-38(30-39(32-43)48-33-37(28-29-57-48)36-24-26-42(27-25-36)55(7,8)40-18-13-11-14-19-40)45-22-17-23-49-50(45)58-52(60-49)46-34-44(35-47(51(46)59)54(4,5)6)56(9,10)41-20-15-12-16-21-41/h11-35,59H,1-10H3. The molecule has 8 rings (SSSR count). The van der Waals surface area contributed by atoms with Gasteiger partial charge in [-0.1, -0.05) is 178 Å². The molecule has 8 aromatic rings. The van der Waals surface area contributed by atoms with Crippen LogP contribution in [0.1, 0.15) is 103 Å². The maximum absolute atomic E-state index is 11.9. The van der Waals surface area contributed by atoms with Gasteiger partial charge in [-0.15, -0.1) is 0 Å². The van der Waals surface area contributed by atoms with Gasteiger partial charge in [-0.2, -0.15) is 0 Å². The summed E-state index contributed by atoms with van der Waals surface area (Å²) in [6, 6.07) is 51.4. The lowest BCUT2D eigenvalue weighted by Gasteiger charge is -2.30. The monoisotopic (exact) mass is 788 g/mol. The van der Waals surface area contributed by atoms with E-state index in [4.69, 9.17) is 14.4 Å². The largest absolute Gasteiger partial charge is 0.507 e. The van der Waals surface area contributed by atoms with Gasteiger partial charge in [0, 0.05) is 33.7 Å². The summed E-state index contributed by atoms with van der Waals surface area (Å²) in [5.41, 5.74) is 14.2. The summed E-state index contributed by atoms with van der Waals surface area (Å²) in [5, 5.41) is 11.9. The van der Waals surface area contributed by atoms with E-state index < -0.39 is 0 Å². The van der Waals surface area contributed by atoms with Crippen LogP contribution in [0.3, 0.4) is 0 Å². The Kier molecular flexibility index (Phi) is 10.2. The number of pyridine rings is 1. The summed E-state index contributed by atoms with van der Waals surface area (Å²) < 4.78 is 6.59. The normalized spacial score (nSPS) is 12.6. The second kappa shape index (κ2) is 15.1. The van der Waals surface area contributed by atoms with Gasteiger partial charge in [0.2, 0.25) is 5.89 Å². The highest BCUT2D eigenvalue weighted by atomic mass is 16.3. The summed E-state index contributed by atoms with van der Waals surface area (Å²) >= 11 is 0. The van der Waals surface area contributed by atoms with Gasteiger partial charge in [0.25, 0.3) is 0 Å². The number of aromatic hydroxyl groups is 1. The van der Waals surface area contributed by atoms with Crippen LogP contribution in [-0.4, -0.2) is 15.1 Å². The van der Waals surface area contributed by atoms with E-state index in [9.17, 15) is 5.11 Å². The molecule has 4 heteroatoms. The fraction of sp³-hybridized carbons (Fsp3) is 0.250. The van der Waals surface area contributed by atoms with Crippen molar-refractivity contribution < 1.29 is 9.52 Å². The minimum absolute atomic E-state index is 0.112. The van der Waals surface area contributed by atoms with E-state index in [1.165, 1.54) is 22.3 Å². The van der Waals surface area contributed by atoms with E-state index in [0.717, 1.165) is 50.2 Å². The maximum atomic E-state index is 11.9. The third-order valence-electron chi connectivity index (χ3n) is 12.4. The van der Waals surface area contributed by atoms with Crippen LogP contribution in [0, 0.1) is 0 Å². The average molecular weight is 789 g/mol. The summed E-state index contributed by atoms with van der Waals surface area (Å²) in [4.78, 5) is 10.1. The first-order valence-electron chi connectivity index (χ1n) is 21.0. The van der Waals surface area contributed by atoms with Crippen LogP contribution in [0.15, 0.2) is 156 Å². The fourth-order valence-electron chi connectivity index (χ4n) is 8.28. The molecule has 0 saturated heterocycles. The molecule has 0 aliphatic carbocycles. The molecule has 0 atom stereocenters. The Bertz CT molecular complexity index is 2820. The molecule has 60 heavy (non-hydrogen) atoms. The number of oxazole rings is 1. The van der Waals surface area contributed by atoms with Crippen molar-refractivity contribution in [2.24, 2.45) is 0 Å². The zero-order valence-electron chi connectivity index (χ0n) is 36.7. The highest BCUT2D eigenvalue weighted by Gasteiger charge is 2.31. The van der Waals surface area contributed by atoms with Crippen molar-refractivity contribution in [3.05, 3.63) is 185 Å². The minimum atomic E-state index is -0.335. The first-order valence-corrected chi connectivity index (χ1v) is 21.0. The molecule has 6 aromatic carbocycles. The van der Waals surface area contributed by atoms with Crippen LogP contribution in [0.2, 0.25) is 0 Å². The second-order valence-electron chi connectivity index (χ2n) is 19.4. The molecule has 1 N–H and O–H groups in total. The summed E-state index contributed by atoms with van der Waals surface area (Å²) in [6.45, 7) is 22.1. The lowest BCUT2D eigenvalue weighted by atomic mass is 9.74. The zero-order chi connectivity index (χ0) is 42.6. The molecule has 2 heterocycles. The smallest absolute Gasteiger partial charge is 0.231 e. The number of phenols is 1. The van der Waals surface area contributed by atoms with Gasteiger partial charge >= 0.3 is 0 Å². The molecule has 0 aliphatic heterocycles. The van der Waals surface area contributed by atoms with Crippen molar-refractivity contribution in [2.45, 2.75) is 90.9 Å². The zero-order valence-corrected chi connectivity index (χ0v) is 36.7. The fourth-order valence-corrected chi connectivity index (χ4v) is 8.28.